The molecule has 2 aliphatic rings. The van der Waals surface area contributed by atoms with Crippen molar-refractivity contribution in [3.05, 3.63) is 53.9 Å². The Kier molecular flexibility index (Phi) is 7.26. The zero-order valence-electron chi connectivity index (χ0n) is 25.8. The lowest BCUT2D eigenvalue weighted by Crippen LogP contribution is -2.38. The molecule has 2 atom stereocenters. The van der Waals surface area contributed by atoms with E-state index in [1.807, 2.05) is 23.9 Å². The van der Waals surface area contributed by atoms with Gasteiger partial charge in [-0.2, -0.15) is 15.1 Å². The molecular formula is C32H32F2N10O2S. The van der Waals surface area contributed by atoms with Gasteiger partial charge in [0.15, 0.2) is 10.9 Å². The highest BCUT2D eigenvalue weighted by Gasteiger charge is 2.34. The number of likely N-dealkylation sites (N-methyl/N-ethyl adjacent to an activating group) is 1. The molecule has 6 aromatic rings. The molecule has 2 aromatic carbocycles. The van der Waals surface area contributed by atoms with Crippen LogP contribution in [0.25, 0.3) is 43.1 Å². The standard InChI is InChI=1S/C32H32F2N10O2S/c1-42-12-8-21(45-2)20(42)15-46-32-40-26-23-27-18(22(24(26)34)17-6-7-19(33)28-25(17)39-31(36)47-28)13-38-44(27)11-4-10-43(30(23)41-32)14-16-5-3-9-37-29(16)35/h3,5-7,9,13,20-21H,4,8,10-12,14-15H2,1-2H3,(H2,35,37)(H2,36,39)/t20-,21-/m0/s1. The number of nitrogens with zero attached hydrogens (tertiary/aromatic N) is 8. The molecule has 12 nitrogen and oxygen atoms in total. The summed E-state index contributed by atoms with van der Waals surface area (Å²) >= 11 is 1.02. The monoisotopic (exact) mass is 658 g/mol. The first-order chi connectivity index (χ1) is 22.8. The molecule has 47 heavy (non-hydrogen) atoms. The summed E-state index contributed by atoms with van der Waals surface area (Å²) in [6.07, 6.45) is 4.86. The van der Waals surface area contributed by atoms with Gasteiger partial charge in [0.25, 0.3) is 0 Å². The summed E-state index contributed by atoms with van der Waals surface area (Å²) < 4.78 is 46.2. The number of anilines is 3. The highest BCUT2D eigenvalue weighted by atomic mass is 32.1. The third-order valence-electron chi connectivity index (χ3n) is 9.26. The average Bonchev–Trinajstić information content (AvgIpc) is 3.76. The van der Waals surface area contributed by atoms with E-state index in [1.165, 1.54) is 12.1 Å². The number of nitrogens with two attached hydrogens (primary N) is 2. The zero-order chi connectivity index (χ0) is 32.4. The van der Waals surface area contributed by atoms with Crippen molar-refractivity contribution in [2.45, 2.75) is 38.1 Å². The Morgan fingerprint density at radius 1 is 1.06 bits per heavy atom. The number of methoxy groups -OCH3 is 1. The van der Waals surface area contributed by atoms with E-state index in [9.17, 15) is 4.39 Å². The predicted molar refractivity (Wildman–Crippen MR) is 177 cm³/mol. The van der Waals surface area contributed by atoms with Crippen molar-refractivity contribution in [2.75, 3.05) is 50.2 Å². The Bertz CT molecular complexity index is 2170. The van der Waals surface area contributed by atoms with Crippen molar-refractivity contribution in [1.29, 1.82) is 0 Å². The number of rotatable bonds is 7. The van der Waals surface area contributed by atoms with Gasteiger partial charge in [0.2, 0.25) is 0 Å². The molecule has 15 heteroatoms. The summed E-state index contributed by atoms with van der Waals surface area (Å²) in [4.78, 5) is 22.5. The molecule has 242 valence electrons. The minimum Gasteiger partial charge on any atom is -0.462 e. The summed E-state index contributed by atoms with van der Waals surface area (Å²) in [7, 11) is 3.71. The number of aryl methyl sites for hydroxylation is 1. The van der Waals surface area contributed by atoms with Gasteiger partial charge >= 0.3 is 6.01 Å². The molecule has 4 aromatic heterocycles. The zero-order valence-corrected chi connectivity index (χ0v) is 26.6. The van der Waals surface area contributed by atoms with Crippen LogP contribution in [-0.2, 0) is 17.8 Å². The quantitative estimate of drug-likeness (QED) is 0.248. The summed E-state index contributed by atoms with van der Waals surface area (Å²) in [5.41, 5.74) is 14.7. The van der Waals surface area contributed by atoms with E-state index in [-0.39, 0.29) is 51.2 Å². The number of pyridine rings is 1. The number of hydrogen-bond donors (Lipinski definition) is 2. The summed E-state index contributed by atoms with van der Waals surface area (Å²) in [5, 5.41) is 5.90. The van der Waals surface area contributed by atoms with Crippen molar-refractivity contribution in [2.24, 2.45) is 0 Å². The summed E-state index contributed by atoms with van der Waals surface area (Å²) in [5.74, 6) is -0.187. The van der Waals surface area contributed by atoms with Gasteiger partial charge in [0.1, 0.15) is 29.6 Å². The van der Waals surface area contributed by atoms with E-state index < -0.39 is 11.6 Å². The molecule has 0 unspecified atom stereocenters. The number of ether oxygens (including phenoxy) is 2. The number of hydrogen-bond acceptors (Lipinski definition) is 12. The number of aromatic nitrogens is 6. The third kappa shape index (κ3) is 4.87. The van der Waals surface area contributed by atoms with E-state index in [4.69, 9.17) is 30.9 Å². The predicted octanol–water partition coefficient (Wildman–Crippen LogP) is 4.60. The molecular weight excluding hydrogens is 626 g/mol. The Labute approximate surface area is 271 Å². The average molecular weight is 659 g/mol. The van der Waals surface area contributed by atoms with Crippen LogP contribution in [0.2, 0.25) is 0 Å². The fraction of sp³-hybridized carbons (Fsp3) is 0.344. The normalized spacial score (nSPS) is 18.5. The van der Waals surface area contributed by atoms with Gasteiger partial charge in [-0.1, -0.05) is 17.4 Å². The minimum absolute atomic E-state index is 0.0145. The summed E-state index contributed by atoms with van der Waals surface area (Å²) in [6, 6.07) is 6.59. The molecule has 4 N–H and O–H groups in total. The Morgan fingerprint density at radius 2 is 1.94 bits per heavy atom. The van der Waals surface area contributed by atoms with Gasteiger partial charge in [-0.25, -0.2) is 18.7 Å². The Morgan fingerprint density at radius 3 is 2.77 bits per heavy atom. The maximum Gasteiger partial charge on any atom is 0.319 e. The fourth-order valence-electron chi connectivity index (χ4n) is 6.90. The second-order valence-electron chi connectivity index (χ2n) is 11.9. The SMILES string of the molecule is CO[C@H]1CCN(C)[C@H]1COc1nc2c3c(n1)c(F)c(-c1ccc(F)c4sc(N)nc14)c1cnn(c13)CCCN2Cc1cccnc1N. The van der Waals surface area contributed by atoms with Crippen LogP contribution in [0, 0.1) is 11.6 Å². The molecule has 6 heterocycles. The third-order valence-corrected chi connectivity index (χ3v) is 10.1. The van der Waals surface area contributed by atoms with Gasteiger partial charge in [-0.15, -0.1) is 0 Å². The number of likely N-dealkylation sites (tertiary alicyclic amines) is 1. The number of benzene rings is 2. The van der Waals surface area contributed by atoms with Crippen molar-refractivity contribution >= 4 is 60.1 Å². The minimum atomic E-state index is -0.616. The van der Waals surface area contributed by atoms with Crippen LogP contribution in [0.15, 0.2) is 36.7 Å². The maximum atomic E-state index is 17.3. The van der Waals surface area contributed by atoms with Gasteiger partial charge in [-0.3, -0.25) is 9.58 Å². The molecule has 1 fully saturated rings. The molecule has 2 aliphatic heterocycles. The molecule has 0 saturated carbocycles. The number of nitrogen functional groups attached to an aromatic ring is 2. The first-order valence-electron chi connectivity index (χ1n) is 15.4. The largest absolute Gasteiger partial charge is 0.462 e. The molecule has 8 rings (SSSR count). The lowest BCUT2D eigenvalue weighted by Gasteiger charge is -2.29. The van der Waals surface area contributed by atoms with E-state index in [1.54, 1.807) is 19.5 Å². The van der Waals surface area contributed by atoms with Crippen molar-refractivity contribution in [1.82, 2.24) is 34.6 Å². The molecule has 0 amide bonds. The van der Waals surface area contributed by atoms with Crippen molar-refractivity contribution in [3.8, 4) is 17.1 Å². The Balaban J connectivity index is 1.37. The molecule has 0 radical (unpaired) electrons. The van der Waals surface area contributed by atoms with Gasteiger partial charge < -0.3 is 25.8 Å². The second-order valence-corrected chi connectivity index (χ2v) is 13.0. The molecule has 0 bridgehead atoms. The highest BCUT2D eigenvalue weighted by Crippen LogP contribution is 2.45. The van der Waals surface area contributed by atoms with Crippen LogP contribution in [0.3, 0.4) is 0 Å². The number of fused-ring (bicyclic) bond motifs is 1. The van der Waals surface area contributed by atoms with Crippen LogP contribution in [0.4, 0.5) is 25.5 Å². The number of halogens is 2. The van der Waals surface area contributed by atoms with E-state index in [0.29, 0.717) is 53.1 Å². The number of thiazole rings is 1. The van der Waals surface area contributed by atoms with Crippen LogP contribution in [0.5, 0.6) is 6.01 Å². The summed E-state index contributed by atoms with van der Waals surface area (Å²) in [6.45, 7) is 2.65. The van der Waals surface area contributed by atoms with Gasteiger partial charge in [0.05, 0.1) is 39.5 Å². The van der Waals surface area contributed by atoms with Crippen molar-refractivity contribution in [3.63, 3.8) is 0 Å². The first-order valence-corrected chi connectivity index (χ1v) is 16.2. The van der Waals surface area contributed by atoms with Crippen LogP contribution in [-0.4, -0.2) is 80.6 Å². The van der Waals surface area contributed by atoms with Crippen LogP contribution < -0.4 is 21.1 Å². The molecule has 0 spiro atoms. The van der Waals surface area contributed by atoms with E-state index in [2.05, 4.69) is 24.9 Å². The molecule has 1 saturated heterocycles. The van der Waals surface area contributed by atoms with E-state index >= 15 is 4.39 Å². The van der Waals surface area contributed by atoms with Gasteiger partial charge in [-0.05, 0) is 38.1 Å². The van der Waals surface area contributed by atoms with Gasteiger partial charge in [0, 0.05) is 61.6 Å². The second kappa shape index (κ2) is 11.5. The van der Waals surface area contributed by atoms with Crippen LogP contribution >= 0.6 is 11.3 Å². The first kappa shape index (κ1) is 29.7. The fourth-order valence-corrected chi connectivity index (χ4v) is 7.66. The lowest BCUT2D eigenvalue weighted by atomic mass is 9.97. The molecule has 0 aliphatic carbocycles. The van der Waals surface area contributed by atoms with E-state index in [0.717, 1.165) is 36.3 Å². The Hall–Kier alpha value is -4.73. The van der Waals surface area contributed by atoms with Crippen LogP contribution in [0.1, 0.15) is 18.4 Å². The topological polar surface area (TPSA) is 146 Å². The lowest BCUT2D eigenvalue weighted by molar-refractivity contribution is 0.0480. The maximum absolute atomic E-state index is 17.3. The van der Waals surface area contributed by atoms with Crippen molar-refractivity contribution < 1.29 is 18.3 Å². The smallest absolute Gasteiger partial charge is 0.319 e. The highest BCUT2D eigenvalue weighted by molar-refractivity contribution is 7.22.